The number of carbonyl (C=O) groups is 2. The van der Waals surface area contributed by atoms with E-state index < -0.39 is 0 Å². The summed E-state index contributed by atoms with van der Waals surface area (Å²) >= 11 is 3.28. The standard InChI is InChI=1S/C14H19N3O2S2/c1-9-16-11(6-21-9)4-5-15-13(18)12-7-20-8-17(12)14(19)10-2-3-10/h6,10,12H,2-5,7-8H2,1H3,(H,15,18)/t12-/m1/s1. The Balaban J connectivity index is 1.48. The normalized spacial score (nSPS) is 21.6. The van der Waals surface area contributed by atoms with Gasteiger partial charge in [-0.15, -0.1) is 23.1 Å². The van der Waals surface area contributed by atoms with Crippen LogP contribution in [0.25, 0.3) is 0 Å². The molecule has 0 spiro atoms. The van der Waals surface area contributed by atoms with Crippen molar-refractivity contribution in [3.8, 4) is 0 Å². The van der Waals surface area contributed by atoms with Crippen LogP contribution in [0.2, 0.25) is 0 Å². The van der Waals surface area contributed by atoms with Crippen molar-refractivity contribution in [3.05, 3.63) is 16.1 Å². The zero-order valence-corrected chi connectivity index (χ0v) is 13.6. The summed E-state index contributed by atoms with van der Waals surface area (Å²) in [5.41, 5.74) is 1.02. The molecule has 1 aromatic heterocycles. The van der Waals surface area contributed by atoms with Gasteiger partial charge in [0.15, 0.2) is 0 Å². The van der Waals surface area contributed by atoms with Gasteiger partial charge in [0.2, 0.25) is 11.8 Å². The largest absolute Gasteiger partial charge is 0.354 e. The van der Waals surface area contributed by atoms with Crippen LogP contribution in [-0.2, 0) is 16.0 Å². The molecule has 7 heteroatoms. The van der Waals surface area contributed by atoms with Crippen LogP contribution >= 0.6 is 23.1 Å². The van der Waals surface area contributed by atoms with Gasteiger partial charge in [-0.05, 0) is 19.8 Å². The molecule has 2 fully saturated rings. The topological polar surface area (TPSA) is 62.3 Å². The molecular weight excluding hydrogens is 306 g/mol. The van der Waals surface area contributed by atoms with Crippen molar-refractivity contribution >= 4 is 34.9 Å². The quantitative estimate of drug-likeness (QED) is 0.889. The lowest BCUT2D eigenvalue weighted by molar-refractivity contribution is -0.138. The van der Waals surface area contributed by atoms with Gasteiger partial charge in [-0.1, -0.05) is 0 Å². The highest BCUT2D eigenvalue weighted by Gasteiger charge is 2.41. The number of aromatic nitrogens is 1. The summed E-state index contributed by atoms with van der Waals surface area (Å²) in [4.78, 5) is 30.5. The first-order valence-electron chi connectivity index (χ1n) is 7.22. The van der Waals surface area contributed by atoms with Crippen LogP contribution in [0.5, 0.6) is 0 Å². The number of hydrogen-bond donors (Lipinski definition) is 1. The van der Waals surface area contributed by atoms with Gasteiger partial charge < -0.3 is 10.2 Å². The van der Waals surface area contributed by atoms with Crippen LogP contribution < -0.4 is 5.32 Å². The van der Waals surface area contributed by atoms with E-state index in [0.29, 0.717) is 18.2 Å². The lowest BCUT2D eigenvalue weighted by Crippen LogP contribution is -2.48. The molecule has 3 rings (SSSR count). The SMILES string of the molecule is Cc1nc(CCNC(=O)[C@H]2CSCN2C(=O)C2CC2)cs1. The van der Waals surface area contributed by atoms with Crippen LogP contribution in [0, 0.1) is 12.8 Å². The Bertz CT molecular complexity index is 542. The monoisotopic (exact) mass is 325 g/mol. The van der Waals surface area contributed by atoms with Crippen LogP contribution in [0.3, 0.4) is 0 Å². The van der Waals surface area contributed by atoms with E-state index in [1.54, 1.807) is 28.0 Å². The molecule has 0 aromatic carbocycles. The van der Waals surface area contributed by atoms with Gasteiger partial charge in [0.25, 0.3) is 0 Å². The minimum atomic E-state index is -0.291. The summed E-state index contributed by atoms with van der Waals surface area (Å²) in [5.74, 6) is 1.67. The minimum absolute atomic E-state index is 0.0269. The second kappa shape index (κ2) is 6.36. The molecule has 2 aliphatic rings. The number of aryl methyl sites for hydroxylation is 1. The Morgan fingerprint density at radius 1 is 1.48 bits per heavy atom. The highest BCUT2D eigenvalue weighted by Crippen LogP contribution is 2.34. The number of rotatable bonds is 5. The molecule has 0 unspecified atom stereocenters. The highest BCUT2D eigenvalue weighted by molar-refractivity contribution is 7.99. The van der Waals surface area contributed by atoms with Crippen LogP contribution in [0.15, 0.2) is 5.38 Å². The van der Waals surface area contributed by atoms with Gasteiger partial charge >= 0.3 is 0 Å². The molecule has 1 aliphatic carbocycles. The first-order valence-corrected chi connectivity index (χ1v) is 9.25. The number of nitrogens with zero attached hydrogens (tertiary/aromatic N) is 2. The predicted molar refractivity (Wildman–Crippen MR) is 84.2 cm³/mol. The molecule has 1 N–H and O–H groups in total. The van der Waals surface area contributed by atoms with E-state index in [2.05, 4.69) is 10.3 Å². The fraction of sp³-hybridized carbons (Fsp3) is 0.643. The molecular formula is C14H19N3O2S2. The molecule has 1 saturated heterocycles. The summed E-state index contributed by atoms with van der Waals surface area (Å²) in [6.07, 6.45) is 2.71. The van der Waals surface area contributed by atoms with Crippen molar-refractivity contribution in [1.29, 1.82) is 0 Å². The number of thiazole rings is 1. The first kappa shape index (κ1) is 14.8. The molecule has 1 aromatic rings. The molecule has 114 valence electrons. The van der Waals surface area contributed by atoms with Crippen LogP contribution in [0.1, 0.15) is 23.5 Å². The maximum absolute atomic E-state index is 12.3. The van der Waals surface area contributed by atoms with Crippen molar-refractivity contribution in [3.63, 3.8) is 0 Å². The third-order valence-corrected chi connectivity index (χ3v) is 5.58. The van der Waals surface area contributed by atoms with Gasteiger partial charge in [0, 0.05) is 30.0 Å². The van der Waals surface area contributed by atoms with E-state index >= 15 is 0 Å². The fourth-order valence-electron chi connectivity index (χ4n) is 2.40. The molecule has 0 radical (unpaired) electrons. The number of carbonyl (C=O) groups excluding carboxylic acids is 2. The molecule has 0 bridgehead atoms. The molecule has 1 saturated carbocycles. The van der Waals surface area contributed by atoms with Crippen molar-refractivity contribution in [2.45, 2.75) is 32.2 Å². The Morgan fingerprint density at radius 3 is 2.95 bits per heavy atom. The van der Waals surface area contributed by atoms with E-state index in [-0.39, 0.29) is 23.8 Å². The predicted octanol–water partition coefficient (Wildman–Crippen LogP) is 1.42. The van der Waals surface area contributed by atoms with Gasteiger partial charge in [0.05, 0.1) is 16.6 Å². The van der Waals surface area contributed by atoms with E-state index in [9.17, 15) is 9.59 Å². The number of thioether (sulfide) groups is 1. The zero-order chi connectivity index (χ0) is 14.8. The second-order valence-corrected chi connectivity index (χ2v) is 7.56. The third-order valence-electron chi connectivity index (χ3n) is 3.74. The molecule has 2 heterocycles. The summed E-state index contributed by atoms with van der Waals surface area (Å²) in [5, 5.41) is 6.01. The van der Waals surface area contributed by atoms with E-state index in [1.807, 2.05) is 12.3 Å². The maximum Gasteiger partial charge on any atom is 0.243 e. The summed E-state index contributed by atoms with van der Waals surface area (Å²) < 4.78 is 0. The summed E-state index contributed by atoms with van der Waals surface area (Å²) in [7, 11) is 0. The zero-order valence-electron chi connectivity index (χ0n) is 12.0. The molecule has 1 atom stereocenters. The Kier molecular flexibility index (Phi) is 4.49. The van der Waals surface area contributed by atoms with E-state index in [0.717, 1.165) is 30.0 Å². The van der Waals surface area contributed by atoms with Gasteiger partial charge in [-0.25, -0.2) is 4.98 Å². The molecule has 2 amide bonds. The summed E-state index contributed by atoms with van der Waals surface area (Å²) in [6.45, 7) is 2.55. The van der Waals surface area contributed by atoms with Crippen LogP contribution in [0.4, 0.5) is 0 Å². The Hall–Kier alpha value is -1.08. The van der Waals surface area contributed by atoms with Gasteiger partial charge in [-0.3, -0.25) is 9.59 Å². The fourth-order valence-corrected chi connectivity index (χ4v) is 4.21. The third kappa shape index (κ3) is 3.58. The first-order chi connectivity index (χ1) is 10.1. The molecule has 1 aliphatic heterocycles. The average Bonchev–Trinajstić information content (AvgIpc) is 3.05. The lowest BCUT2D eigenvalue weighted by Gasteiger charge is -2.23. The minimum Gasteiger partial charge on any atom is -0.354 e. The lowest BCUT2D eigenvalue weighted by atomic mass is 10.2. The number of amides is 2. The summed E-state index contributed by atoms with van der Waals surface area (Å²) in [6, 6.07) is -0.291. The smallest absolute Gasteiger partial charge is 0.243 e. The second-order valence-electron chi connectivity index (χ2n) is 5.50. The average molecular weight is 325 g/mol. The number of hydrogen-bond acceptors (Lipinski definition) is 5. The maximum atomic E-state index is 12.3. The van der Waals surface area contributed by atoms with E-state index in [4.69, 9.17) is 0 Å². The highest BCUT2D eigenvalue weighted by atomic mass is 32.2. The van der Waals surface area contributed by atoms with Gasteiger partial charge in [0.1, 0.15) is 6.04 Å². The van der Waals surface area contributed by atoms with Crippen molar-refractivity contribution < 1.29 is 9.59 Å². The van der Waals surface area contributed by atoms with Gasteiger partial charge in [-0.2, -0.15) is 0 Å². The number of nitrogens with one attached hydrogen (secondary N) is 1. The Morgan fingerprint density at radius 2 is 2.29 bits per heavy atom. The van der Waals surface area contributed by atoms with Crippen molar-refractivity contribution in [2.75, 3.05) is 18.2 Å². The van der Waals surface area contributed by atoms with Crippen molar-refractivity contribution in [1.82, 2.24) is 15.2 Å². The van der Waals surface area contributed by atoms with Crippen LogP contribution in [-0.4, -0.2) is 45.9 Å². The van der Waals surface area contributed by atoms with Crippen molar-refractivity contribution in [2.24, 2.45) is 5.92 Å². The molecule has 21 heavy (non-hydrogen) atoms. The molecule has 5 nitrogen and oxygen atoms in total. The Labute approximate surface area is 132 Å². The van der Waals surface area contributed by atoms with E-state index in [1.165, 1.54) is 0 Å².